The van der Waals surface area contributed by atoms with Crippen LogP contribution in [0.4, 0.5) is 11.5 Å². The van der Waals surface area contributed by atoms with Crippen LogP contribution in [0.25, 0.3) is 15.3 Å². The highest BCUT2D eigenvalue weighted by Gasteiger charge is 2.54. The van der Waals surface area contributed by atoms with Crippen molar-refractivity contribution >= 4 is 44.9 Å². The van der Waals surface area contributed by atoms with Crippen molar-refractivity contribution in [3.63, 3.8) is 0 Å². The van der Waals surface area contributed by atoms with Crippen LogP contribution in [-0.4, -0.2) is 26.6 Å². The standard InChI is InChI=1S/C21H15N5O2S/c1-11-6-7-14-12(8-11)21(19(28)23-14)9-17(27)25-18-13(21)10-22-26(18)20-24-15-4-2-3-5-16(15)29-20/h2-8,10H,9H2,1H3,(H,23,28)(H,25,27)/t21-/m1/s1. The van der Waals surface area contributed by atoms with Crippen molar-refractivity contribution in [3.8, 4) is 5.13 Å². The summed E-state index contributed by atoms with van der Waals surface area (Å²) in [7, 11) is 0. The molecule has 2 aromatic carbocycles. The minimum atomic E-state index is -1.08. The van der Waals surface area contributed by atoms with Crippen LogP contribution in [0.5, 0.6) is 0 Å². The molecule has 2 aromatic heterocycles. The number of nitrogens with one attached hydrogen (secondary N) is 2. The first-order valence-corrected chi connectivity index (χ1v) is 10.0. The van der Waals surface area contributed by atoms with Crippen LogP contribution < -0.4 is 10.6 Å². The highest BCUT2D eigenvalue weighted by molar-refractivity contribution is 7.20. The number of hydrogen-bond acceptors (Lipinski definition) is 5. The summed E-state index contributed by atoms with van der Waals surface area (Å²) in [5.41, 5.74) is 3.09. The van der Waals surface area contributed by atoms with E-state index in [1.165, 1.54) is 11.3 Å². The topological polar surface area (TPSA) is 88.9 Å². The molecule has 0 radical (unpaired) electrons. The van der Waals surface area contributed by atoms with Gasteiger partial charge in [-0.1, -0.05) is 41.2 Å². The lowest BCUT2D eigenvalue weighted by Crippen LogP contribution is -2.43. The first-order valence-electron chi connectivity index (χ1n) is 9.23. The second-order valence-corrected chi connectivity index (χ2v) is 8.43. The number of carbonyl (C=O) groups is 2. The first kappa shape index (κ1) is 16.4. The van der Waals surface area contributed by atoms with Gasteiger partial charge in [-0.05, 0) is 30.7 Å². The maximum Gasteiger partial charge on any atom is 0.240 e. The Bertz CT molecular complexity index is 1320. The Kier molecular flexibility index (Phi) is 3.12. The van der Waals surface area contributed by atoms with Gasteiger partial charge in [0.1, 0.15) is 11.2 Å². The van der Waals surface area contributed by atoms with Crippen LogP contribution >= 0.6 is 11.3 Å². The number of amides is 2. The molecule has 0 saturated carbocycles. The Hall–Kier alpha value is -3.52. The predicted octanol–water partition coefficient (Wildman–Crippen LogP) is 3.37. The fourth-order valence-corrected chi connectivity index (χ4v) is 5.23. The molecule has 2 amide bonds. The molecule has 6 rings (SSSR count). The zero-order valence-corrected chi connectivity index (χ0v) is 16.2. The average Bonchev–Trinajstić information content (AvgIpc) is 3.37. The SMILES string of the molecule is Cc1ccc2c(c1)[C@@]1(CC(=O)Nc3c1cnn3-c1nc3ccccc3s1)C(=O)N2. The molecule has 1 atom stereocenters. The number of rotatable bonds is 1. The first-order chi connectivity index (χ1) is 14.1. The molecule has 29 heavy (non-hydrogen) atoms. The van der Waals surface area contributed by atoms with E-state index in [4.69, 9.17) is 0 Å². The number of fused-ring (bicyclic) bond motifs is 5. The molecule has 4 heterocycles. The molecule has 2 N–H and O–H groups in total. The van der Waals surface area contributed by atoms with E-state index in [2.05, 4.69) is 20.7 Å². The highest BCUT2D eigenvalue weighted by Crippen LogP contribution is 2.50. The number of aromatic nitrogens is 3. The van der Waals surface area contributed by atoms with Gasteiger partial charge in [0, 0.05) is 17.7 Å². The molecule has 2 aliphatic rings. The van der Waals surface area contributed by atoms with Crippen molar-refractivity contribution in [1.29, 1.82) is 0 Å². The maximum atomic E-state index is 13.2. The number of hydrogen-bond donors (Lipinski definition) is 2. The number of para-hydroxylation sites is 1. The smallest absolute Gasteiger partial charge is 0.240 e. The van der Waals surface area contributed by atoms with Crippen LogP contribution in [0.2, 0.25) is 0 Å². The lowest BCUT2D eigenvalue weighted by Gasteiger charge is -2.31. The van der Waals surface area contributed by atoms with Crippen LogP contribution in [0.1, 0.15) is 23.1 Å². The Morgan fingerprint density at radius 1 is 1.10 bits per heavy atom. The Morgan fingerprint density at radius 2 is 1.97 bits per heavy atom. The minimum absolute atomic E-state index is 0.0494. The second-order valence-electron chi connectivity index (χ2n) is 7.42. The van der Waals surface area contributed by atoms with Gasteiger partial charge in [-0.25, -0.2) is 4.98 Å². The van der Waals surface area contributed by atoms with Gasteiger partial charge < -0.3 is 10.6 Å². The molecule has 0 saturated heterocycles. The Labute approximate surface area is 169 Å². The van der Waals surface area contributed by atoms with Crippen molar-refractivity contribution in [2.45, 2.75) is 18.8 Å². The summed E-state index contributed by atoms with van der Waals surface area (Å²) in [5, 5.41) is 11.0. The van der Waals surface area contributed by atoms with E-state index >= 15 is 0 Å². The molecule has 0 unspecified atom stereocenters. The van der Waals surface area contributed by atoms with Crippen molar-refractivity contribution in [2.24, 2.45) is 0 Å². The molecule has 0 aliphatic carbocycles. The summed E-state index contributed by atoms with van der Waals surface area (Å²) >= 11 is 1.49. The second kappa shape index (κ2) is 5.51. The van der Waals surface area contributed by atoms with E-state index in [9.17, 15) is 9.59 Å². The average molecular weight is 401 g/mol. The van der Waals surface area contributed by atoms with E-state index in [1.54, 1.807) is 10.9 Å². The fraction of sp³-hybridized carbons (Fsp3) is 0.143. The van der Waals surface area contributed by atoms with Crippen LogP contribution in [-0.2, 0) is 15.0 Å². The molecule has 8 heteroatoms. The number of thiazole rings is 1. The number of carbonyl (C=O) groups excluding carboxylic acids is 2. The monoisotopic (exact) mass is 401 g/mol. The number of anilines is 2. The van der Waals surface area contributed by atoms with Gasteiger partial charge in [0.25, 0.3) is 0 Å². The summed E-state index contributed by atoms with van der Waals surface area (Å²) in [5.74, 6) is 0.0905. The Morgan fingerprint density at radius 3 is 2.83 bits per heavy atom. The van der Waals surface area contributed by atoms with Crippen molar-refractivity contribution in [1.82, 2.24) is 14.8 Å². The van der Waals surface area contributed by atoms with Crippen LogP contribution in [0.3, 0.4) is 0 Å². The molecular weight excluding hydrogens is 386 g/mol. The molecule has 0 fully saturated rings. The van der Waals surface area contributed by atoms with Crippen LogP contribution in [0.15, 0.2) is 48.7 Å². The zero-order valence-electron chi connectivity index (χ0n) is 15.4. The van der Waals surface area contributed by atoms with E-state index in [0.717, 1.165) is 27.0 Å². The fourth-order valence-electron chi connectivity index (χ4n) is 4.30. The molecule has 2 aliphatic heterocycles. The number of aryl methyl sites for hydroxylation is 1. The normalized spacial score (nSPS) is 19.9. The third kappa shape index (κ3) is 2.11. The van der Waals surface area contributed by atoms with Gasteiger partial charge in [-0.15, -0.1) is 0 Å². The third-order valence-electron chi connectivity index (χ3n) is 5.65. The molecule has 1 spiro atoms. The van der Waals surface area contributed by atoms with Gasteiger partial charge in [0.05, 0.1) is 16.4 Å². The van der Waals surface area contributed by atoms with Crippen molar-refractivity contribution < 1.29 is 9.59 Å². The third-order valence-corrected chi connectivity index (χ3v) is 6.66. The summed E-state index contributed by atoms with van der Waals surface area (Å²) in [6.07, 6.45) is 1.73. The minimum Gasteiger partial charge on any atom is -0.325 e. The van der Waals surface area contributed by atoms with Crippen molar-refractivity contribution in [3.05, 3.63) is 65.4 Å². The largest absolute Gasteiger partial charge is 0.325 e. The molecule has 7 nitrogen and oxygen atoms in total. The van der Waals surface area contributed by atoms with Crippen molar-refractivity contribution in [2.75, 3.05) is 10.6 Å². The zero-order chi connectivity index (χ0) is 19.8. The van der Waals surface area contributed by atoms with E-state index in [-0.39, 0.29) is 18.2 Å². The quantitative estimate of drug-likeness (QED) is 0.512. The van der Waals surface area contributed by atoms with E-state index < -0.39 is 5.41 Å². The number of nitrogens with zero attached hydrogens (tertiary/aromatic N) is 3. The molecule has 0 bridgehead atoms. The van der Waals surface area contributed by atoms with Gasteiger partial charge in [0.15, 0.2) is 0 Å². The molecule has 142 valence electrons. The predicted molar refractivity (Wildman–Crippen MR) is 111 cm³/mol. The summed E-state index contributed by atoms with van der Waals surface area (Å²) in [6, 6.07) is 13.6. The van der Waals surface area contributed by atoms with Crippen LogP contribution in [0, 0.1) is 6.92 Å². The highest BCUT2D eigenvalue weighted by atomic mass is 32.1. The molecular formula is C21H15N5O2S. The lowest BCUT2D eigenvalue weighted by molar-refractivity contribution is -0.125. The van der Waals surface area contributed by atoms with Gasteiger partial charge >= 0.3 is 0 Å². The summed E-state index contributed by atoms with van der Waals surface area (Å²) in [4.78, 5) is 30.6. The van der Waals surface area contributed by atoms with Gasteiger partial charge in [-0.2, -0.15) is 9.78 Å². The lowest BCUT2D eigenvalue weighted by atomic mass is 9.71. The van der Waals surface area contributed by atoms with E-state index in [1.807, 2.05) is 49.4 Å². The molecule has 4 aromatic rings. The van der Waals surface area contributed by atoms with E-state index in [0.29, 0.717) is 16.5 Å². The maximum absolute atomic E-state index is 13.2. The summed E-state index contributed by atoms with van der Waals surface area (Å²) in [6.45, 7) is 1.98. The number of benzene rings is 2. The summed E-state index contributed by atoms with van der Waals surface area (Å²) < 4.78 is 2.66. The van der Waals surface area contributed by atoms with Gasteiger partial charge in [-0.3, -0.25) is 9.59 Å². The Balaban J connectivity index is 1.60. The van der Waals surface area contributed by atoms with Gasteiger partial charge in [0.2, 0.25) is 16.9 Å².